The van der Waals surface area contributed by atoms with Gasteiger partial charge < -0.3 is 4.74 Å². The minimum Gasteiger partial charge on any atom is -0.484 e. The number of hydrogen-bond donors (Lipinski definition) is 1. The normalized spacial score (nSPS) is 10.6. The Morgan fingerprint density at radius 2 is 1.90 bits per heavy atom. The molecule has 0 spiro atoms. The quantitative estimate of drug-likeness (QED) is 0.676. The lowest BCUT2D eigenvalue weighted by Crippen LogP contribution is -2.24. The van der Waals surface area contributed by atoms with Crippen molar-refractivity contribution in [3.8, 4) is 5.75 Å². The molecule has 0 fully saturated rings. The summed E-state index contributed by atoms with van der Waals surface area (Å²) >= 11 is 11.7. The standard InChI is InChI=1S/C15H12Cl2N2O2/c16-13-7-6-11(8-14(13)17)9-18-19-15(20)10-21-12-4-2-1-3-5-12/h1-9H,10H2,(H,19,20). The SMILES string of the molecule is O=C(COc1ccccc1)NN=Cc1ccc(Cl)c(Cl)c1. The van der Waals surface area contributed by atoms with Crippen LogP contribution in [0.15, 0.2) is 53.6 Å². The summed E-state index contributed by atoms with van der Waals surface area (Å²) in [4.78, 5) is 11.5. The largest absolute Gasteiger partial charge is 0.484 e. The van der Waals surface area contributed by atoms with E-state index in [-0.39, 0.29) is 12.5 Å². The van der Waals surface area contributed by atoms with E-state index in [2.05, 4.69) is 10.5 Å². The van der Waals surface area contributed by atoms with Crippen molar-refractivity contribution in [1.82, 2.24) is 5.43 Å². The average Bonchev–Trinajstić information content (AvgIpc) is 2.50. The van der Waals surface area contributed by atoms with Gasteiger partial charge >= 0.3 is 0 Å². The number of para-hydroxylation sites is 1. The highest BCUT2D eigenvalue weighted by molar-refractivity contribution is 6.42. The molecule has 0 saturated heterocycles. The Labute approximate surface area is 132 Å². The van der Waals surface area contributed by atoms with Gasteiger partial charge in [0.05, 0.1) is 16.3 Å². The number of halogens is 2. The molecule has 6 heteroatoms. The van der Waals surface area contributed by atoms with Crippen LogP contribution in [-0.2, 0) is 4.79 Å². The van der Waals surface area contributed by atoms with E-state index in [4.69, 9.17) is 27.9 Å². The summed E-state index contributed by atoms with van der Waals surface area (Å²) < 4.78 is 5.28. The Morgan fingerprint density at radius 3 is 2.62 bits per heavy atom. The zero-order valence-corrected chi connectivity index (χ0v) is 12.4. The van der Waals surface area contributed by atoms with Crippen molar-refractivity contribution >= 4 is 35.3 Å². The molecule has 0 bridgehead atoms. The molecular weight excluding hydrogens is 311 g/mol. The minimum absolute atomic E-state index is 0.108. The summed E-state index contributed by atoms with van der Waals surface area (Å²) in [6.45, 7) is -0.108. The van der Waals surface area contributed by atoms with Gasteiger partial charge in [-0.1, -0.05) is 47.5 Å². The number of carbonyl (C=O) groups is 1. The van der Waals surface area contributed by atoms with Crippen molar-refractivity contribution in [1.29, 1.82) is 0 Å². The van der Waals surface area contributed by atoms with Crippen LogP contribution in [0.3, 0.4) is 0 Å². The van der Waals surface area contributed by atoms with E-state index < -0.39 is 0 Å². The van der Waals surface area contributed by atoms with Gasteiger partial charge in [0.2, 0.25) is 0 Å². The number of carbonyl (C=O) groups excluding carboxylic acids is 1. The molecule has 2 rings (SSSR count). The van der Waals surface area contributed by atoms with Crippen molar-refractivity contribution in [2.75, 3.05) is 6.61 Å². The molecule has 108 valence electrons. The van der Waals surface area contributed by atoms with Crippen LogP contribution >= 0.6 is 23.2 Å². The summed E-state index contributed by atoms with van der Waals surface area (Å²) in [6, 6.07) is 14.1. The van der Waals surface area contributed by atoms with E-state index >= 15 is 0 Å². The highest BCUT2D eigenvalue weighted by Gasteiger charge is 2.01. The molecule has 0 atom stereocenters. The molecule has 0 aliphatic heterocycles. The molecule has 4 nitrogen and oxygen atoms in total. The van der Waals surface area contributed by atoms with Crippen molar-refractivity contribution in [3.63, 3.8) is 0 Å². The maximum Gasteiger partial charge on any atom is 0.277 e. The predicted octanol–water partition coefficient (Wildman–Crippen LogP) is 3.52. The van der Waals surface area contributed by atoms with E-state index in [9.17, 15) is 4.79 Å². The van der Waals surface area contributed by atoms with Crippen LogP contribution in [0.4, 0.5) is 0 Å². The second-order valence-electron chi connectivity index (χ2n) is 4.07. The Kier molecular flexibility index (Phi) is 5.60. The smallest absolute Gasteiger partial charge is 0.277 e. The van der Waals surface area contributed by atoms with Gasteiger partial charge in [0, 0.05) is 0 Å². The summed E-state index contributed by atoms with van der Waals surface area (Å²) in [7, 11) is 0. The van der Waals surface area contributed by atoms with Gasteiger partial charge in [0.1, 0.15) is 5.75 Å². The number of ether oxygens (including phenoxy) is 1. The third-order valence-corrected chi connectivity index (χ3v) is 3.20. The minimum atomic E-state index is -0.352. The maximum atomic E-state index is 11.5. The van der Waals surface area contributed by atoms with Crippen LogP contribution in [0.1, 0.15) is 5.56 Å². The predicted molar refractivity (Wildman–Crippen MR) is 84.1 cm³/mol. The van der Waals surface area contributed by atoms with Crippen LogP contribution in [0.5, 0.6) is 5.75 Å². The average molecular weight is 323 g/mol. The number of amides is 1. The number of benzene rings is 2. The fourth-order valence-corrected chi connectivity index (χ4v) is 1.78. The molecule has 0 aliphatic carbocycles. The lowest BCUT2D eigenvalue weighted by Gasteiger charge is -2.04. The molecule has 21 heavy (non-hydrogen) atoms. The van der Waals surface area contributed by atoms with E-state index in [1.54, 1.807) is 30.3 Å². The lowest BCUT2D eigenvalue weighted by atomic mass is 10.2. The molecule has 0 saturated carbocycles. The monoisotopic (exact) mass is 322 g/mol. The van der Waals surface area contributed by atoms with Gasteiger partial charge in [-0.25, -0.2) is 5.43 Å². The van der Waals surface area contributed by atoms with Gasteiger partial charge in [-0.05, 0) is 29.8 Å². The fourth-order valence-electron chi connectivity index (χ4n) is 1.47. The van der Waals surface area contributed by atoms with Crippen LogP contribution in [0.2, 0.25) is 10.0 Å². The Hall–Kier alpha value is -2.04. The molecule has 0 radical (unpaired) electrons. The van der Waals surface area contributed by atoms with E-state index in [1.807, 2.05) is 18.2 Å². The van der Waals surface area contributed by atoms with E-state index in [0.29, 0.717) is 15.8 Å². The third kappa shape index (κ3) is 5.10. The zero-order chi connectivity index (χ0) is 15.1. The van der Waals surface area contributed by atoms with Crippen LogP contribution < -0.4 is 10.2 Å². The van der Waals surface area contributed by atoms with E-state index in [0.717, 1.165) is 5.56 Å². The van der Waals surface area contributed by atoms with Crippen molar-refractivity contribution in [3.05, 3.63) is 64.1 Å². The summed E-state index contributed by atoms with van der Waals surface area (Å²) in [5, 5.41) is 4.72. The second kappa shape index (κ2) is 7.67. The van der Waals surface area contributed by atoms with Crippen molar-refractivity contribution in [2.45, 2.75) is 0 Å². The zero-order valence-electron chi connectivity index (χ0n) is 10.9. The van der Waals surface area contributed by atoms with Crippen LogP contribution in [0.25, 0.3) is 0 Å². The maximum absolute atomic E-state index is 11.5. The highest BCUT2D eigenvalue weighted by atomic mass is 35.5. The molecular formula is C15H12Cl2N2O2. The van der Waals surface area contributed by atoms with Gasteiger partial charge in [-0.2, -0.15) is 5.10 Å². The van der Waals surface area contributed by atoms with E-state index in [1.165, 1.54) is 6.21 Å². The Balaban J connectivity index is 1.80. The van der Waals surface area contributed by atoms with Gasteiger partial charge in [0.25, 0.3) is 5.91 Å². The van der Waals surface area contributed by atoms with Crippen LogP contribution in [0, 0.1) is 0 Å². The van der Waals surface area contributed by atoms with Crippen molar-refractivity contribution in [2.24, 2.45) is 5.10 Å². The first-order chi connectivity index (χ1) is 10.1. The first-order valence-electron chi connectivity index (χ1n) is 6.10. The van der Waals surface area contributed by atoms with Crippen LogP contribution in [-0.4, -0.2) is 18.7 Å². The molecule has 2 aromatic rings. The Bertz CT molecular complexity index is 645. The molecule has 0 aromatic heterocycles. The second-order valence-corrected chi connectivity index (χ2v) is 4.88. The summed E-state index contributed by atoms with van der Waals surface area (Å²) in [6.07, 6.45) is 1.47. The fraction of sp³-hybridized carbons (Fsp3) is 0.0667. The van der Waals surface area contributed by atoms with Crippen molar-refractivity contribution < 1.29 is 9.53 Å². The molecule has 2 aromatic carbocycles. The first kappa shape index (κ1) is 15.4. The molecule has 0 heterocycles. The van der Waals surface area contributed by atoms with Gasteiger partial charge in [-0.3, -0.25) is 4.79 Å². The molecule has 1 amide bonds. The van der Waals surface area contributed by atoms with Gasteiger partial charge in [-0.15, -0.1) is 0 Å². The summed E-state index contributed by atoms with van der Waals surface area (Å²) in [5.41, 5.74) is 3.10. The molecule has 0 aliphatic rings. The van der Waals surface area contributed by atoms with Gasteiger partial charge in [0.15, 0.2) is 6.61 Å². The number of nitrogens with one attached hydrogen (secondary N) is 1. The molecule has 0 unspecified atom stereocenters. The Morgan fingerprint density at radius 1 is 1.14 bits per heavy atom. The first-order valence-corrected chi connectivity index (χ1v) is 6.85. The number of nitrogens with zero attached hydrogens (tertiary/aromatic N) is 1. The number of hydrogen-bond acceptors (Lipinski definition) is 3. The lowest BCUT2D eigenvalue weighted by molar-refractivity contribution is -0.123. The third-order valence-electron chi connectivity index (χ3n) is 2.46. The summed E-state index contributed by atoms with van der Waals surface area (Å²) in [5.74, 6) is 0.274. The topological polar surface area (TPSA) is 50.7 Å². The number of rotatable bonds is 5. The number of hydrazone groups is 1. The highest BCUT2D eigenvalue weighted by Crippen LogP contribution is 2.21. The molecule has 1 N–H and O–H groups in total.